The van der Waals surface area contributed by atoms with Crippen LogP contribution in [0.2, 0.25) is 0 Å². The number of amides is 2. The molecule has 0 aliphatic carbocycles. The van der Waals surface area contributed by atoms with Crippen molar-refractivity contribution in [1.82, 2.24) is 9.80 Å². The zero-order valence-corrected chi connectivity index (χ0v) is 7.76. The molecule has 2 amide bonds. The maximum atomic E-state index is 11.1. The average molecular weight is 177 g/mol. The summed E-state index contributed by atoms with van der Waals surface area (Å²) in [4.78, 5) is 14.4. The van der Waals surface area contributed by atoms with Crippen LogP contribution in [0, 0.1) is 0 Å². The molecule has 1 aliphatic rings. The van der Waals surface area contributed by atoms with Crippen molar-refractivity contribution >= 4 is 18.4 Å². The molecule has 1 unspecified atom stereocenters. The van der Waals surface area contributed by atoms with Crippen molar-refractivity contribution in [2.24, 2.45) is 0 Å². The zero-order chi connectivity index (χ0) is 7.72. The number of urea groups is 1. The molecule has 1 aliphatic heterocycles. The van der Waals surface area contributed by atoms with Crippen LogP contribution in [0.3, 0.4) is 0 Å². The number of nitrogens with zero attached hydrogens (tertiary/aromatic N) is 2. The first-order valence-electron chi connectivity index (χ1n) is 3.31. The van der Waals surface area contributed by atoms with Gasteiger partial charge in [0.15, 0.2) is 0 Å². The fourth-order valence-corrected chi connectivity index (χ4v) is 0.870. The third-order valence-corrected chi connectivity index (χ3v) is 1.80. The van der Waals surface area contributed by atoms with E-state index in [2.05, 4.69) is 0 Å². The number of likely N-dealkylation sites (N-methyl/N-ethyl adjacent to an activating group) is 1. The lowest BCUT2D eigenvalue weighted by atomic mass is 10.2. The van der Waals surface area contributed by atoms with Crippen LogP contribution >= 0.6 is 12.4 Å². The summed E-state index contributed by atoms with van der Waals surface area (Å²) in [6, 6.07) is 0.277. The number of hydrogen-bond acceptors (Lipinski definition) is 1. The third-order valence-electron chi connectivity index (χ3n) is 1.80. The van der Waals surface area contributed by atoms with E-state index in [4.69, 9.17) is 0 Å². The highest BCUT2D eigenvalue weighted by Gasteiger charge is 2.19. The number of hydrogen-bond donors (Lipinski definition) is 0. The van der Waals surface area contributed by atoms with Crippen LogP contribution < -0.4 is 0 Å². The summed E-state index contributed by atoms with van der Waals surface area (Å²) in [6.45, 7) is 1.99. The number of halogens is 1. The number of rotatable bonds is 0. The Morgan fingerprint density at radius 1 is 1.45 bits per heavy atom. The topological polar surface area (TPSA) is 23.6 Å². The molecule has 64 valence electrons. The van der Waals surface area contributed by atoms with Crippen LogP contribution in [-0.2, 0) is 0 Å². The van der Waals surface area contributed by atoms with Gasteiger partial charge in [0.1, 0.15) is 0 Å². The van der Waals surface area contributed by atoms with Crippen LogP contribution in [0.5, 0.6) is 0 Å². The Morgan fingerprint density at radius 2 is 2.00 bits per heavy atom. The quantitative estimate of drug-likeness (QED) is 0.546. The van der Waals surface area contributed by atoms with Gasteiger partial charge in [-0.25, -0.2) is 4.79 Å². The van der Waals surface area contributed by atoms with Crippen LogP contribution in [0.1, 0.15) is 6.92 Å². The molecule has 0 aromatic rings. The molecule has 0 aromatic carbocycles. The first kappa shape index (κ1) is 10.3. The van der Waals surface area contributed by atoms with Crippen LogP contribution in [0.4, 0.5) is 4.79 Å². The van der Waals surface area contributed by atoms with E-state index in [0.29, 0.717) is 0 Å². The fourth-order valence-electron chi connectivity index (χ4n) is 0.870. The lowest BCUT2D eigenvalue weighted by molar-refractivity contribution is 0.174. The van der Waals surface area contributed by atoms with Crippen LogP contribution in [0.15, 0.2) is 12.3 Å². The molecule has 0 spiro atoms. The smallest absolute Gasteiger partial charge is 0.321 e. The summed E-state index contributed by atoms with van der Waals surface area (Å²) in [5.41, 5.74) is 0. The molecule has 11 heavy (non-hydrogen) atoms. The highest BCUT2D eigenvalue weighted by atomic mass is 35.5. The van der Waals surface area contributed by atoms with Crippen molar-refractivity contribution in [2.75, 3.05) is 14.1 Å². The molecule has 1 heterocycles. The minimum Gasteiger partial charge on any atom is -0.321 e. The predicted molar refractivity (Wildman–Crippen MR) is 46.8 cm³/mol. The molecule has 0 radical (unpaired) electrons. The predicted octanol–water partition coefficient (Wildman–Crippen LogP) is 1.31. The van der Waals surface area contributed by atoms with Gasteiger partial charge in [-0.15, -0.1) is 12.4 Å². The lowest BCUT2D eigenvalue weighted by Crippen LogP contribution is -2.43. The van der Waals surface area contributed by atoms with Gasteiger partial charge in [-0.1, -0.05) is 0 Å². The van der Waals surface area contributed by atoms with Gasteiger partial charge < -0.3 is 9.80 Å². The van der Waals surface area contributed by atoms with E-state index in [9.17, 15) is 4.79 Å². The van der Waals surface area contributed by atoms with Crippen molar-refractivity contribution in [1.29, 1.82) is 0 Å². The normalized spacial score (nSPS) is 23.5. The lowest BCUT2D eigenvalue weighted by Gasteiger charge is -2.30. The minimum atomic E-state index is 0. The Balaban J connectivity index is 0.000001000. The van der Waals surface area contributed by atoms with E-state index >= 15 is 0 Å². The molecule has 3 nitrogen and oxygen atoms in total. The Kier molecular flexibility index (Phi) is 3.39. The molecular weight excluding hydrogens is 164 g/mol. The standard InChI is InChI=1S/C7H12N2O.ClH/c1-6-4-5-8(2)7(10)9(6)3;/h4-6H,1-3H3;1H. The van der Waals surface area contributed by atoms with Gasteiger partial charge in [0.25, 0.3) is 0 Å². The summed E-state index contributed by atoms with van der Waals surface area (Å²) in [5, 5.41) is 0. The average Bonchev–Trinajstić information content (AvgIpc) is 1.93. The molecule has 0 saturated heterocycles. The van der Waals surface area contributed by atoms with Crippen LogP contribution in [-0.4, -0.2) is 36.0 Å². The summed E-state index contributed by atoms with van der Waals surface area (Å²) in [7, 11) is 3.55. The monoisotopic (exact) mass is 176 g/mol. The van der Waals surface area contributed by atoms with E-state index in [1.807, 2.05) is 13.0 Å². The first-order chi connectivity index (χ1) is 4.63. The van der Waals surface area contributed by atoms with E-state index in [1.54, 1.807) is 30.1 Å². The Morgan fingerprint density at radius 3 is 2.45 bits per heavy atom. The molecule has 0 aromatic heterocycles. The maximum absolute atomic E-state index is 11.1. The second-order valence-corrected chi connectivity index (χ2v) is 2.59. The molecule has 0 bridgehead atoms. The van der Waals surface area contributed by atoms with E-state index in [0.717, 1.165) is 0 Å². The molecule has 1 atom stereocenters. The van der Waals surface area contributed by atoms with Crippen molar-refractivity contribution in [3.05, 3.63) is 12.3 Å². The highest BCUT2D eigenvalue weighted by molar-refractivity contribution is 5.85. The largest absolute Gasteiger partial charge is 0.323 e. The molecule has 0 N–H and O–H groups in total. The van der Waals surface area contributed by atoms with Gasteiger partial charge >= 0.3 is 6.03 Å². The van der Waals surface area contributed by atoms with Gasteiger partial charge in [-0.2, -0.15) is 0 Å². The van der Waals surface area contributed by atoms with Gasteiger partial charge in [-0.3, -0.25) is 0 Å². The zero-order valence-electron chi connectivity index (χ0n) is 6.94. The highest BCUT2D eigenvalue weighted by Crippen LogP contribution is 2.07. The van der Waals surface area contributed by atoms with Gasteiger partial charge in [0.2, 0.25) is 0 Å². The van der Waals surface area contributed by atoms with Crippen molar-refractivity contribution in [2.45, 2.75) is 13.0 Å². The summed E-state index contributed by atoms with van der Waals surface area (Å²) in [5.74, 6) is 0. The second-order valence-electron chi connectivity index (χ2n) is 2.59. The Bertz CT molecular complexity index is 181. The maximum Gasteiger partial charge on any atom is 0.323 e. The summed E-state index contributed by atoms with van der Waals surface area (Å²) in [6.07, 6.45) is 3.79. The van der Waals surface area contributed by atoms with Gasteiger partial charge in [0, 0.05) is 20.3 Å². The van der Waals surface area contributed by atoms with E-state index in [1.165, 1.54) is 0 Å². The van der Waals surface area contributed by atoms with E-state index in [-0.39, 0.29) is 24.5 Å². The molecule has 4 heteroatoms. The van der Waals surface area contributed by atoms with Crippen LogP contribution in [0.25, 0.3) is 0 Å². The minimum absolute atomic E-state index is 0. The SMILES string of the molecule is CC1C=CN(C)C(=O)N1C.Cl. The van der Waals surface area contributed by atoms with Crippen molar-refractivity contribution < 1.29 is 4.79 Å². The third kappa shape index (κ3) is 1.87. The summed E-state index contributed by atoms with van der Waals surface area (Å²) >= 11 is 0. The molecule has 0 fully saturated rings. The number of carbonyl (C=O) groups excluding carboxylic acids is 1. The Labute approximate surface area is 73.1 Å². The number of carbonyl (C=O) groups is 1. The summed E-state index contributed by atoms with van der Waals surface area (Å²) < 4.78 is 0. The van der Waals surface area contributed by atoms with Crippen molar-refractivity contribution in [3.63, 3.8) is 0 Å². The van der Waals surface area contributed by atoms with Crippen molar-refractivity contribution in [3.8, 4) is 0 Å². The van der Waals surface area contributed by atoms with Gasteiger partial charge in [-0.05, 0) is 13.0 Å². The van der Waals surface area contributed by atoms with E-state index < -0.39 is 0 Å². The second kappa shape index (κ2) is 3.62. The molecular formula is C7H13ClN2O. The fraction of sp³-hybridized carbons (Fsp3) is 0.571. The Hall–Kier alpha value is -0.700. The molecule has 0 saturated carbocycles. The first-order valence-corrected chi connectivity index (χ1v) is 3.31. The van der Waals surface area contributed by atoms with Gasteiger partial charge in [0.05, 0.1) is 6.04 Å². The molecule has 1 rings (SSSR count).